The maximum atomic E-state index is 13.5. The maximum Gasteiger partial charge on any atom is 0.264 e. The quantitative estimate of drug-likeness (QED) is 0.370. The predicted molar refractivity (Wildman–Crippen MR) is 141 cm³/mol. The van der Waals surface area contributed by atoms with Gasteiger partial charge in [0.1, 0.15) is 5.75 Å². The fourth-order valence-electron chi connectivity index (χ4n) is 4.47. The summed E-state index contributed by atoms with van der Waals surface area (Å²) in [4.78, 5) is 35.5. The summed E-state index contributed by atoms with van der Waals surface area (Å²) in [5.41, 5.74) is 3.26. The molecule has 1 saturated heterocycles. The maximum absolute atomic E-state index is 13.5. The van der Waals surface area contributed by atoms with E-state index in [1.54, 1.807) is 18.0 Å². The molecule has 2 amide bonds. The van der Waals surface area contributed by atoms with Gasteiger partial charge in [0.25, 0.3) is 11.8 Å². The molecule has 1 fully saturated rings. The van der Waals surface area contributed by atoms with Crippen LogP contribution in [0.4, 0.5) is 0 Å². The van der Waals surface area contributed by atoms with Crippen molar-refractivity contribution in [1.29, 1.82) is 0 Å². The van der Waals surface area contributed by atoms with Crippen LogP contribution in [0, 0.1) is 0 Å². The lowest BCUT2D eigenvalue weighted by molar-refractivity contribution is 0.0417. The third-order valence-electron chi connectivity index (χ3n) is 6.40. The van der Waals surface area contributed by atoms with Gasteiger partial charge < -0.3 is 14.5 Å². The van der Waals surface area contributed by atoms with E-state index >= 15 is 0 Å². The number of hydrogen-bond donors (Lipinski definition) is 0. The number of hydrogen-bond acceptors (Lipinski definition) is 7. The summed E-state index contributed by atoms with van der Waals surface area (Å²) in [5.74, 6) is 0.770. The molecule has 1 aliphatic rings. The Labute approximate surface area is 217 Å². The minimum atomic E-state index is -0.0663. The zero-order chi connectivity index (χ0) is 25.2. The average molecular weight is 522 g/mol. The molecule has 5 rings (SSSR count). The van der Waals surface area contributed by atoms with Gasteiger partial charge in [-0.05, 0) is 49.1 Å². The van der Waals surface area contributed by atoms with E-state index in [0.29, 0.717) is 31.6 Å². The van der Waals surface area contributed by atoms with Crippen LogP contribution in [0.3, 0.4) is 0 Å². The molecule has 4 heterocycles. The number of ether oxygens (including phenoxy) is 1. The molecule has 1 aromatic carbocycles. The van der Waals surface area contributed by atoms with Gasteiger partial charge in [-0.3, -0.25) is 9.59 Å². The highest BCUT2D eigenvalue weighted by Crippen LogP contribution is 2.28. The Bertz CT molecular complexity index is 1360. The van der Waals surface area contributed by atoms with E-state index in [2.05, 4.69) is 5.10 Å². The molecule has 1 atom stereocenters. The van der Waals surface area contributed by atoms with E-state index in [4.69, 9.17) is 9.72 Å². The summed E-state index contributed by atoms with van der Waals surface area (Å²) in [7, 11) is 1.64. The molecule has 1 aliphatic heterocycles. The molecule has 0 aliphatic carbocycles. The van der Waals surface area contributed by atoms with Crippen LogP contribution in [0.15, 0.2) is 53.4 Å². The molecule has 1 unspecified atom stereocenters. The van der Waals surface area contributed by atoms with E-state index in [1.807, 2.05) is 70.8 Å². The number of thiazole rings is 1. The minimum Gasteiger partial charge on any atom is -0.497 e. The van der Waals surface area contributed by atoms with Gasteiger partial charge in [-0.2, -0.15) is 5.10 Å². The van der Waals surface area contributed by atoms with Crippen molar-refractivity contribution in [1.82, 2.24) is 24.6 Å². The average Bonchev–Trinajstić information content (AvgIpc) is 3.68. The van der Waals surface area contributed by atoms with Gasteiger partial charge in [0.15, 0.2) is 0 Å². The van der Waals surface area contributed by atoms with Crippen molar-refractivity contribution in [3.63, 3.8) is 0 Å². The van der Waals surface area contributed by atoms with Crippen LogP contribution in [0.5, 0.6) is 5.75 Å². The van der Waals surface area contributed by atoms with Crippen molar-refractivity contribution in [3.8, 4) is 22.1 Å². The van der Waals surface area contributed by atoms with Crippen molar-refractivity contribution in [2.24, 2.45) is 0 Å². The molecule has 0 radical (unpaired) electrons. The molecule has 0 spiro atoms. The molecule has 3 aromatic heterocycles. The smallest absolute Gasteiger partial charge is 0.264 e. The molecule has 8 nitrogen and oxygen atoms in total. The SMILES string of the molecule is CCc1c(C(=O)N2CCN(C(=O)c3cccs3)C(C)C2)cnn1-c1nc(-c2ccc(OC)cc2)cs1. The first-order valence-electron chi connectivity index (χ1n) is 11.8. The third kappa shape index (κ3) is 4.54. The topological polar surface area (TPSA) is 80.6 Å². The number of amides is 2. The first-order chi connectivity index (χ1) is 17.5. The number of carbonyl (C=O) groups excluding carboxylic acids is 2. The second-order valence-corrected chi connectivity index (χ2v) is 10.4. The lowest BCUT2D eigenvalue weighted by Crippen LogP contribution is -2.55. The van der Waals surface area contributed by atoms with Crippen LogP contribution in [0.2, 0.25) is 0 Å². The summed E-state index contributed by atoms with van der Waals surface area (Å²) in [6, 6.07) is 11.4. The van der Waals surface area contributed by atoms with Crippen molar-refractivity contribution in [3.05, 3.63) is 69.5 Å². The van der Waals surface area contributed by atoms with E-state index in [9.17, 15) is 9.59 Å². The Kier molecular flexibility index (Phi) is 6.88. The summed E-state index contributed by atoms with van der Waals surface area (Å²) in [6.07, 6.45) is 2.29. The highest BCUT2D eigenvalue weighted by atomic mass is 32.1. The standard InChI is InChI=1S/C26H27N5O3S2/c1-4-22-20(24(32)29-11-12-30(17(2)15-29)25(33)23-6-5-13-35-23)14-27-31(22)26-28-21(16-36-26)18-7-9-19(34-3)10-8-18/h5-10,13-14,16-17H,4,11-12,15H2,1-3H3. The van der Waals surface area contributed by atoms with Gasteiger partial charge >= 0.3 is 0 Å². The van der Waals surface area contributed by atoms with Gasteiger partial charge in [-0.15, -0.1) is 22.7 Å². The fourth-order valence-corrected chi connectivity index (χ4v) is 5.96. The van der Waals surface area contributed by atoms with Gasteiger partial charge in [-0.25, -0.2) is 9.67 Å². The Morgan fingerprint density at radius 3 is 2.58 bits per heavy atom. The fraction of sp³-hybridized carbons (Fsp3) is 0.308. The van der Waals surface area contributed by atoms with Crippen LogP contribution >= 0.6 is 22.7 Å². The molecule has 4 aromatic rings. The summed E-state index contributed by atoms with van der Waals surface area (Å²) < 4.78 is 7.01. The number of aromatic nitrogens is 3. The first-order valence-corrected chi connectivity index (χ1v) is 13.6. The lowest BCUT2D eigenvalue weighted by Gasteiger charge is -2.39. The Balaban J connectivity index is 1.33. The minimum absolute atomic E-state index is 0.0306. The number of benzene rings is 1. The van der Waals surface area contributed by atoms with Gasteiger partial charge in [0.2, 0.25) is 5.13 Å². The Morgan fingerprint density at radius 1 is 1.11 bits per heavy atom. The zero-order valence-corrected chi connectivity index (χ0v) is 22.0. The van der Waals surface area contributed by atoms with Crippen molar-refractivity contribution in [2.45, 2.75) is 26.3 Å². The molecule has 10 heteroatoms. The van der Waals surface area contributed by atoms with Gasteiger partial charge in [0.05, 0.1) is 35.1 Å². The van der Waals surface area contributed by atoms with E-state index in [-0.39, 0.29) is 17.9 Å². The van der Waals surface area contributed by atoms with Crippen LogP contribution in [-0.4, -0.2) is 69.2 Å². The third-order valence-corrected chi connectivity index (χ3v) is 8.07. The molecule has 0 bridgehead atoms. The summed E-state index contributed by atoms with van der Waals surface area (Å²) in [5, 5.41) is 9.15. The van der Waals surface area contributed by atoms with E-state index in [1.165, 1.54) is 22.7 Å². The molecule has 186 valence electrons. The van der Waals surface area contributed by atoms with Gasteiger partial charge in [-0.1, -0.05) is 13.0 Å². The second-order valence-electron chi connectivity index (χ2n) is 8.59. The Hall–Kier alpha value is -3.50. The number of piperazine rings is 1. The summed E-state index contributed by atoms with van der Waals surface area (Å²) in [6.45, 7) is 5.50. The predicted octanol–water partition coefficient (Wildman–Crippen LogP) is 4.62. The molecular weight excluding hydrogens is 494 g/mol. The van der Waals surface area contributed by atoms with E-state index in [0.717, 1.165) is 32.7 Å². The highest BCUT2D eigenvalue weighted by molar-refractivity contribution is 7.12. The second kappa shape index (κ2) is 10.2. The van der Waals surface area contributed by atoms with Crippen LogP contribution in [0.25, 0.3) is 16.4 Å². The number of thiophene rings is 1. The first kappa shape index (κ1) is 24.2. The molecule has 0 N–H and O–H groups in total. The van der Waals surface area contributed by atoms with Crippen molar-refractivity contribution < 1.29 is 14.3 Å². The normalized spacial score (nSPS) is 15.8. The van der Waals surface area contributed by atoms with Gasteiger partial charge in [0, 0.05) is 36.6 Å². The lowest BCUT2D eigenvalue weighted by atomic mass is 10.1. The Morgan fingerprint density at radius 2 is 1.92 bits per heavy atom. The van der Waals surface area contributed by atoms with Crippen LogP contribution < -0.4 is 4.74 Å². The largest absolute Gasteiger partial charge is 0.497 e. The number of nitrogens with zero attached hydrogens (tertiary/aromatic N) is 5. The van der Waals surface area contributed by atoms with Crippen molar-refractivity contribution >= 4 is 34.5 Å². The van der Waals surface area contributed by atoms with Crippen molar-refractivity contribution in [2.75, 3.05) is 26.7 Å². The monoisotopic (exact) mass is 521 g/mol. The number of rotatable bonds is 6. The molecule has 0 saturated carbocycles. The van der Waals surface area contributed by atoms with Crippen LogP contribution in [0.1, 0.15) is 39.6 Å². The van der Waals surface area contributed by atoms with E-state index < -0.39 is 0 Å². The number of carbonyl (C=O) groups is 2. The molecule has 36 heavy (non-hydrogen) atoms. The molecular formula is C26H27N5O3S2. The highest BCUT2D eigenvalue weighted by Gasteiger charge is 2.32. The zero-order valence-electron chi connectivity index (χ0n) is 20.4. The number of methoxy groups -OCH3 is 1. The van der Waals surface area contributed by atoms with Crippen LogP contribution in [-0.2, 0) is 6.42 Å². The summed E-state index contributed by atoms with van der Waals surface area (Å²) >= 11 is 2.93.